The lowest BCUT2D eigenvalue weighted by Crippen LogP contribution is -2.90. The van der Waals surface area contributed by atoms with Crippen LogP contribution >= 0.6 is 0 Å². The van der Waals surface area contributed by atoms with Crippen LogP contribution in [0.3, 0.4) is 0 Å². The standard InChI is InChI=1S/C16H19NO3/c1-2-5-11-13(18)10-12(14-6-3-8-19-14)17-16(11)15-7-4-9-20-15/h3-4,6-9,11-12,16-17H,2,5,10H2,1H3/p+1/t11-,12-,16-/m0/s1. The zero-order valence-corrected chi connectivity index (χ0v) is 11.6. The quantitative estimate of drug-likeness (QED) is 0.932. The van der Waals surface area contributed by atoms with Crippen molar-refractivity contribution in [1.82, 2.24) is 0 Å². The molecule has 0 saturated carbocycles. The number of nitrogens with two attached hydrogens (primary N) is 1. The minimum absolute atomic E-state index is 0.0392. The molecule has 3 atom stereocenters. The molecular formula is C16H20NO3+. The third-order valence-electron chi connectivity index (χ3n) is 4.09. The highest BCUT2D eigenvalue weighted by atomic mass is 16.3. The fourth-order valence-electron chi connectivity index (χ4n) is 3.14. The number of carbonyl (C=O) groups excluding carboxylic acids is 1. The third kappa shape index (κ3) is 2.43. The summed E-state index contributed by atoms with van der Waals surface area (Å²) in [5, 5.41) is 2.22. The van der Waals surface area contributed by atoms with E-state index in [1.54, 1.807) is 12.5 Å². The van der Waals surface area contributed by atoms with Gasteiger partial charge in [-0.2, -0.15) is 0 Å². The molecule has 20 heavy (non-hydrogen) atoms. The van der Waals surface area contributed by atoms with Gasteiger partial charge in [-0.25, -0.2) is 0 Å². The Morgan fingerprint density at radius 2 is 1.90 bits per heavy atom. The molecule has 1 saturated heterocycles. The summed E-state index contributed by atoms with van der Waals surface area (Å²) in [6, 6.07) is 7.76. The summed E-state index contributed by atoms with van der Waals surface area (Å²) in [6.45, 7) is 2.12. The molecule has 4 nitrogen and oxygen atoms in total. The number of rotatable bonds is 4. The van der Waals surface area contributed by atoms with E-state index >= 15 is 0 Å². The van der Waals surface area contributed by atoms with E-state index in [0.29, 0.717) is 12.2 Å². The van der Waals surface area contributed by atoms with Gasteiger partial charge in [0.15, 0.2) is 23.6 Å². The zero-order valence-electron chi connectivity index (χ0n) is 11.6. The fourth-order valence-corrected chi connectivity index (χ4v) is 3.14. The molecule has 0 spiro atoms. The van der Waals surface area contributed by atoms with Gasteiger partial charge in [0.1, 0.15) is 5.78 Å². The maximum Gasteiger partial charge on any atom is 0.161 e. The lowest BCUT2D eigenvalue weighted by molar-refractivity contribution is -0.746. The minimum Gasteiger partial charge on any atom is -0.463 e. The van der Waals surface area contributed by atoms with Crippen molar-refractivity contribution in [1.29, 1.82) is 0 Å². The highest BCUT2D eigenvalue weighted by molar-refractivity contribution is 5.82. The molecule has 1 fully saturated rings. The molecule has 0 aliphatic carbocycles. The first-order valence-corrected chi connectivity index (χ1v) is 7.24. The van der Waals surface area contributed by atoms with Gasteiger partial charge in [-0.1, -0.05) is 13.3 Å². The van der Waals surface area contributed by atoms with Gasteiger partial charge in [-0.3, -0.25) is 4.79 Å². The largest absolute Gasteiger partial charge is 0.463 e. The van der Waals surface area contributed by atoms with E-state index in [4.69, 9.17) is 8.83 Å². The number of quaternary nitrogens is 1. The summed E-state index contributed by atoms with van der Waals surface area (Å²) in [6.07, 6.45) is 5.79. The third-order valence-corrected chi connectivity index (χ3v) is 4.09. The van der Waals surface area contributed by atoms with Gasteiger partial charge in [0, 0.05) is 0 Å². The highest BCUT2D eigenvalue weighted by Crippen LogP contribution is 2.32. The van der Waals surface area contributed by atoms with Crippen LogP contribution in [0.4, 0.5) is 0 Å². The summed E-state index contributed by atoms with van der Waals surface area (Å²) < 4.78 is 11.0. The molecular weight excluding hydrogens is 254 g/mol. The lowest BCUT2D eigenvalue weighted by atomic mass is 9.81. The van der Waals surface area contributed by atoms with Crippen LogP contribution in [-0.4, -0.2) is 5.78 Å². The van der Waals surface area contributed by atoms with E-state index in [0.717, 1.165) is 24.4 Å². The van der Waals surface area contributed by atoms with Gasteiger partial charge in [0.25, 0.3) is 0 Å². The Labute approximate surface area is 118 Å². The van der Waals surface area contributed by atoms with Crippen molar-refractivity contribution < 1.29 is 18.9 Å². The van der Waals surface area contributed by atoms with Crippen molar-refractivity contribution in [2.24, 2.45) is 5.92 Å². The van der Waals surface area contributed by atoms with Crippen LogP contribution in [0, 0.1) is 5.92 Å². The van der Waals surface area contributed by atoms with Crippen LogP contribution in [0.1, 0.15) is 49.8 Å². The molecule has 3 rings (SSSR count). The molecule has 0 unspecified atom stereocenters. The van der Waals surface area contributed by atoms with E-state index in [2.05, 4.69) is 12.2 Å². The molecule has 0 bridgehead atoms. The van der Waals surface area contributed by atoms with Crippen LogP contribution in [-0.2, 0) is 4.79 Å². The van der Waals surface area contributed by atoms with E-state index < -0.39 is 0 Å². The van der Waals surface area contributed by atoms with Gasteiger partial charge in [-0.05, 0) is 30.7 Å². The molecule has 106 valence electrons. The Bertz CT molecular complexity index is 544. The first-order valence-electron chi connectivity index (χ1n) is 7.24. The average Bonchev–Trinajstić information content (AvgIpc) is 3.14. The Morgan fingerprint density at radius 1 is 1.20 bits per heavy atom. The summed E-state index contributed by atoms with van der Waals surface area (Å²) in [5.41, 5.74) is 0. The first kappa shape index (κ1) is 13.2. The van der Waals surface area contributed by atoms with Crippen molar-refractivity contribution in [3.05, 3.63) is 48.3 Å². The summed E-state index contributed by atoms with van der Waals surface area (Å²) in [4.78, 5) is 12.5. The second-order valence-electron chi connectivity index (χ2n) is 5.42. The number of carbonyl (C=O) groups is 1. The van der Waals surface area contributed by atoms with Crippen molar-refractivity contribution in [3.8, 4) is 0 Å². The van der Waals surface area contributed by atoms with Crippen molar-refractivity contribution in [2.75, 3.05) is 0 Å². The molecule has 0 aromatic carbocycles. The van der Waals surface area contributed by atoms with Gasteiger partial charge in [0.2, 0.25) is 0 Å². The van der Waals surface area contributed by atoms with Crippen molar-refractivity contribution >= 4 is 5.78 Å². The number of hydrogen-bond acceptors (Lipinski definition) is 3. The lowest BCUT2D eigenvalue weighted by Gasteiger charge is -2.31. The summed E-state index contributed by atoms with van der Waals surface area (Å²) in [7, 11) is 0. The normalized spacial score (nSPS) is 26.9. The predicted molar refractivity (Wildman–Crippen MR) is 72.8 cm³/mol. The van der Waals surface area contributed by atoms with Crippen molar-refractivity contribution in [3.63, 3.8) is 0 Å². The van der Waals surface area contributed by atoms with Crippen molar-refractivity contribution in [2.45, 2.75) is 38.3 Å². The zero-order chi connectivity index (χ0) is 13.9. The van der Waals surface area contributed by atoms with Gasteiger partial charge < -0.3 is 14.2 Å². The van der Waals surface area contributed by atoms with Crippen LogP contribution < -0.4 is 5.32 Å². The van der Waals surface area contributed by atoms with E-state index in [-0.39, 0.29) is 18.0 Å². The Balaban J connectivity index is 1.87. The SMILES string of the molecule is CCC[C@H]1C(=O)C[C@@H](c2ccco2)[NH2+][C@@H]1c1ccco1. The fraction of sp³-hybridized carbons (Fsp3) is 0.438. The molecule has 2 N–H and O–H groups in total. The Hall–Kier alpha value is -1.81. The Morgan fingerprint density at radius 3 is 2.50 bits per heavy atom. The second kappa shape index (κ2) is 5.67. The molecule has 1 aliphatic rings. The van der Waals surface area contributed by atoms with Crippen LogP contribution in [0.5, 0.6) is 0 Å². The number of ketones is 1. The number of furan rings is 2. The van der Waals surface area contributed by atoms with Gasteiger partial charge >= 0.3 is 0 Å². The van der Waals surface area contributed by atoms with Crippen LogP contribution in [0.15, 0.2) is 45.6 Å². The molecule has 4 heteroatoms. The molecule has 1 aliphatic heterocycles. The smallest absolute Gasteiger partial charge is 0.161 e. The Kier molecular flexibility index (Phi) is 3.74. The van der Waals surface area contributed by atoms with Crippen LogP contribution in [0.25, 0.3) is 0 Å². The molecule has 2 aromatic rings. The average molecular weight is 274 g/mol. The van der Waals surface area contributed by atoms with Gasteiger partial charge in [-0.15, -0.1) is 0 Å². The summed E-state index contributed by atoms with van der Waals surface area (Å²) in [5.74, 6) is 2.10. The number of hydrogen-bond donors (Lipinski definition) is 1. The monoisotopic (exact) mass is 274 g/mol. The number of Topliss-reactive ketones (excluding diaryl/α,β-unsaturated/α-hetero) is 1. The number of piperidine rings is 1. The molecule has 0 amide bonds. The maximum absolute atomic E-state index is 12.5. The van der Waals surface area contributed by atoms with E-state index in [9.17, 15) is 4.79 Å². The predicted octanol–water partition coefficient (Wildman–Crippen LogP) is 2.61. The first-order chi connectivity index (χ1) is 9.79. The van der Waals surface area contributed by atoms with Gasteiger partial charge in [0.05, 0.1) is 24.9 Å². The summed E-state index contributed by atoms with van der Waals surface area (Å²) >= 11 is 0. The highest BCUT2D eigenvalue weighted by Gasteiger charge is 2.42. The molecule has 3 heterocycles. The van der Waals surface area contributed by atoms with E-state index in [1.807, 2.05) is 24.3 Å². The van der Waals surface area contributed by atoms with E-state index in [1.165, 1.54) is 0 Å². The topological polar surface area (TPSA) is 60.0 Å². The maximum atomic E-state index is 12.5. The second-order valence-corrected chi connectivity index (χ2v) is 5.42. The van der Waals surface area contributed by atoms with Crippen LogP contribution in [0.2, 0.25) is 0 Å². The minimum atomic E-state index is 0.0392. The molecule has 0 radical (unpaired) electrons. The molecule has 2 aromatic heterocycles.